The van der Waals surface area contributed by atoms with E-state index in [9.17, 15) is 13.2 Å². The number of hydrogen-bond acceptors (Lipinski definition) is 6. The molecule has 8 nitrogen and oxygen atoms in total. The van der Waals surface area contributed by atoms with Gasteiger partial charge < -0.3 is 5.32 Å². The van der Waals surface area contributed by atoms with Crippen LogP contribution >= 0.6 is 11.3 Å². The van der Waals surface area contributed by atoms with Gasteiger partial charge >= 0.3 is 0 Å². The second-order valence-electron chi connectivity index (χ2n) is 8.58. The monoisotopic (exact) mass is 497 g/mol. The smallest absolute Gasteiger partial charge is 0.256 e. The Morgan fingerprint density at radius 1 is 1.06 bits per heavy atom. The molecule has 10 heteroatoms. The Balaban J connectivity index is 1.60. The second kappa shape index (κ2) is 8.94. The Morgan fingerprint density at radius 2 is 1.71 bits per heavy atom. The molecule has 0 aliphatic carbocycles. The van der Waals surface area contributed by atoms with Crippen LogP contribution in [0.5, 0.6) is 0 Å². The molecule has 34 heavy (non-hydrogen) atoms. The number of carbonyl (C=O) groups is 1. The zero-order chi connectivity index (χ0) is 24.8. The van der Waals surface area contributed by atoms with Crippen LogP contribution in [0.1, 0.15) is 41.0 Å². The van der Waals surface area contributed by atoms with Crippen LogP contribution < -0.4 is 5.32 Å². The first-order valence-corrected chi connectivity index (χ1v) is 13.1. The highest BCUT2D eigenvalue weighted by molar-refractivity contribution is 7.89. The van der Waals surface area contributed by atoms with Crippen LogP contribution in [-0.4, -0.2) is 46.5 Å². The summed E-state index contributed by atoms with van der Waals surface area (Å²) in [7, 11) is -2.08. The minimum Gasteiger partial charge on any atom is -0.306 e. The van der Waals surface area contributed by atoms with Gasteiger partial charge in [-0.05, 0) is 82.1 Å². The van der Waals surface area contributed by atoms with E-state index in [-0.39, 0.29) is 16.8 Å². The molecule has 178 valence electrons. The molecule has 0 atom stereocenters. The number of anilines is 1. The summed E-state index contributed by atoms with van der Waals surface area (Å²) in [5.41, 5.74) is 4.32. The number of nitrogens with one attached hydrogen (secondary N) is 1. The van der Waals surface area contributed by atoms with Crippen molar-refractivity contribution in [3.8, 4) is 5.13 Å². The fourth-order valence-electron chi connectivity index (χ4n) is 3.40. The SMILES string of the molecule is Cc1cc(NC(=O)c2ccc(S(=O)(=O)N(C)C(C)C)cc2)n(-c2nc3cc(C)c(C)cc3s2)n1. The predicted molar refractivity (Wildman–Crippen MR) is 135 cm³/mol. The molecule has 2 heterocycles. The van der Waals surface area contributed by atoms with Gasteiger partial charge in [0.05, 0.1) is 20.8 Å². The van der Waals surface area contributed by atoms with Crippen LogP contribution in [0.3, 0.4) is 0 Å². The molecule has 0 fully saturated rings. The minimum absolute atomic E-state index is 0.140. The van der Waals surface area contributed by atoms with Crippen LogP contribution in [-0.2, 0) is 10.0 Å². The van der Waals surface area contributed by atoms with E-state index in [1.807, 2.05) is 13.0 Å². The first-order chi connectivity index (χ1) is 16.0. The van der Waals surface area contributed by atoms with E-state index in [1.54, 1.807) is 24.6 Å². The average Bonchev–Trinajstić information content (AvgIpc) is 3.35. The van der Waals surface area contributed by atoms with Gasteiger partial charge in [-0.25, -0.2) is 13.4 Å². The highest BCUT2D eigenvalue weighted by Gasteiger charge is 2.23. The lowest BCUT2D eigenvalue weighted by Crippen LogP contribution is -2.33. The van der Waals surface area contributed by atoms with Gasteiger partial charge in [-0.1, -0.05) is 11.3 Å². The van der Waals surface area contributed by atoms with Crippen molar-refractivity contribution >= 4 is 43.3 Å². The summed E-state index contributed by atoms with van der Waals surface area (Å²) < 4.78 is 29.3. The maximum absolute atomic E-state index is 12.9. The predicted octanol–water partition coefficient (Wildman–Crippen LogP) is 4.69. The van der Waals surface area contributed by atoms with Crippen molar-refractivity contribution in [2.24, 2.45) is 0 Å². The number of nitrogens with zero attached hydrogens (tertiary/aromatic N) is 4. The fraction of sp³-hybridized carbons (Fsp3) is 0.292. The Morgan fingerprint density at radius 3 is 2.35 bits per heavy atom. The van der Waals surface area contributed by atoms with E-state index >= 15 is 0 Å². The van der Waals surface area contributed by atoms with E-state index in [0.717, 1.165) is 15.9 Å². The number of hydrogen-bond donors (Lipinski definition) is 1. The van der Waals surface area contributed by atoms with Gasteiger partial charge in [0.1, 0.15) is 5.82 Å². The van der Waals surface area contributed by atoms with Crippen molar-refractivity contribution in [2.45, 2.75) is 45.6 Å². The number of amides is 1. The van der Waals surface area contributed by atoms with Gasteiger partial charge in [0.2, 0.25) is 15.2 Å². The largest absolute Gasteiger partial charge is 0.306 e. The van der Waals surface area contributed by atoms with E-state index in [1.165, 1.54) is 58.1 Å². The molecular weight excluding hydrogens is 470 g/mol. The third kappa shape index (κ3) is 4.48. The summed E-state index contributed by atoms with van der Waals surface area (Å²) in [6.45, 7) is 9.57. The molecule has 1 amide bonds. The quantitative estimate of drug-likeness (QED) is 0.417. The van der Waals surface area contributed by atoms with Gasteiger partial charge in [0.25, 0.3) is 5.91 Å². The molecule has 0 spiro atoms. The molecule has 0 radical (unpaired) electrons. The van der Waals surface area contributed by atoms with Crippen molar-refractivity contribution in [1.82, 2.24) is 19.1 Å². The lowest BCUT2D eigenvalue weighted by Gasteiger charge is -2.21. The number of rotatable bonds is 6. The van der Waals surface area contributed by atoms with Gasteiger partial charge in [-0.2, -0.15) is 14.1 Å². The highest BCUT2D eigenvalue weighted by Crippen LogP contribution is 2.29. The third-order valence-corrected chi connectivity index (χ3v) is 8.81. The molecule has 1 N–H and O–H groups in total. The summed E-state index contributed by atoms with van der Waals surface area (Å²) in [6.07, 6.45) is 0. The fourth-order valence-corrected chi connectivity index (χ4v) is 5.78. The maximum atomic E-state index is 12.9. The van der Waals surface area contributed by atoms with Crippen molar-refractivity contribution in [1.29, 1.82) is 0 Å². The molecule has 0 saturated heterocycles. The van der Waals surface area contributed by atoms with Crippen LogP contribution in [0.2, 0.25) is 0 Å². The number of thiazole rings is 1. The second-order valence-corrected chi connectivity index (χ2v) is 11.6. The maximum Gasteiger partial charge on any atom is 0.256 e. The highest BCUT2D eigenvalue weighted by atomic mass is 32.2. The molecule has 2 aromatic carbocycles. The Labute approximate surface area is 203 Å². The van der Waals surface area contributed by atoms with Gasteiger partial charge in [0, 0.05) is 24.7 Å². The van der Waals surface area contributed by atoms with Crippen LogP contribution in [0, 0.1) is 20.8 Å². The van der Waals surface area contributed by atoms with Crippen molar-refractivity contribution in [3.05, 3.63) is 64.8 Å². The van der Waals surface area contributed by atoms with Crippen LogP contribution in [0.4, 0.5) is 5.82 Å². The van der Waals surface area contributed by atoms with Crippen LogP contribution in [0.25, 0.3) is 15.3 Å². The van der Waals surface area contributed by atoms with E-state index < -0.39 is 10.0 Å². The molecule has 0 aliphatic heterocycles. The lowest BCUT2D eigenvalue weighted by atomic mass is 10.1. The topological polar surface area (TPSA) is 97.2 Å². The molecule has 0 aliphatic rings. The molecule has 0 unspecified atom stereocenters. The number of aromatic nitrogens is 3. The van der Waals surface area contributed by atoms with Gasteiger partial charge in [-0.15, -0.1) is 0 Å². The Kier molecular flexibility index (Phi) is 6.32. The molecule has 0 bridgehead atoms. The first kappa shape index (κ1) is 24.1. The van der Waals surface area contributed by atoms with Gasteiger partial charge in [-0.3, -0.25) is 4.79 Å². The summed E-state index contributed by atoms with van der Waals surface area (Å²) >= 11 is 1.50. The molecule has 4 rings (SSSR count). The average molecular weight is 498 g/mol. The van der Waals surface area contributed by atoms with Gasteiger partial charge in [0.15, 0.2) is 0 Å². The zero-order valence-electron chi connectivity index (χ0n) is 19.9. The summed E-state index contributed by atoms with van der Waals surface area (Å²) in [4.78, 5) is 17.8. The number of benzene rings is 2. The summed E-state index contributed by atoms with van der Waals surface area (Å²) in [5.74, 6) is 0.126. The lowest BCUT2D eigenvalue weighted by molar-refractivity contribution is 0.102. The number of sulfonamides is 1. The van der Waals surface area contributed by atoms with E-state index in [2.05, 4.69) is 30.3 Å². The first-order valence-electron chi connectivity index (χ1n) is 10.8. The molecular formula is C24H27N5O3S2. The molecule has 0 saturated carbocycles. The van der Waals surface area contributed by atoms with Crippen LogP contribution in [0.15, 0.2) is 47.4 Å². The van der Waals surface area contributed by atoms with Crippen molar-refractivity contribution in [2.75, 3.05) is 12.4 Å². The summed E-state index contributed by atoms with van der Waals surface area (Å²) in [6, 6.07) is 11.7. The Hall–Kier alpha value is -3.08. The number of carbonyl (C=O) groups excluding carboxylic acids is 1. The van der Waals surface area contributed by atoms with Crippen molar-refractivity contribution in [3.63, 3.8) is 0 Å². The minimum atomic E-state index is -3.62. The van der Waals surface area contributed by atoms with E-state index in [4.69, 9.17) is 4.98 Å². The normalized spacial score (nSPS) is 12.1. The summed E-state index contributed by atoms with van der Waals surface area (Å²) in [5, 5.41) is 8.05. The van der Waals surface area contributed by atoms with Crippen molar-refractivity contribution < 1.29 is 13.2 Å². The Bertz CT molecular complexity index is 1450. The zero-order valence-corrected chi connectivity index (χ0v) is 21.6. The standard InChI is InChI=1S/C24H27N5O3S2/c1-14(2)28(6)34(31,32)19-9-7-18(8-10-19)23(30)26-22-13-17(5)27-29(22)24-25-20-11-15(3)16(4)12-21(20)33-24/h7-14H,1-6H3,(H,26,30). The molecule has 2 aromatic heterocycles. The van der Waals surface area contributed by atoms with E-state index in [0.29, 0.717) is 16.5 Å². The molecule has 4 aromatic rings. The number of aryl methyl sites for hydroxylation is 3. The third-order valence-electron chi connectivity index (χ3n) is 5.77. The number of fused-ring (bicyclic) bond motifs is 1.